The van der Waals surface area contributed by atoms with Gasteiger partial charge in [-0.15, -0.1) is 0 Å². The lowest BCUT2D eigenvalue weighted by Gasteiger charge is -2.58. The van der Waals surface area contributed by atoms with Crippen molar-refractivity contribution < 1.29 is 14.3 Å². The molecule has 0 aliphatic carbocycles. The molecule has 2 fully saturated rings. The SMILES string of the molecule is COCC(=O)N1CC2(C[C@@H](COCc3ccccn3)CCN2C)C1. The molecule has 1 amide bonds. The van der Waals surface area contributed by atoms with Gasteiger partial charge in [-0.2, -0.15) is 0 Å². The third-order valence-corrected chi connectivity index (χ3v) is 5.27. The maximum atomic E-state index is 11.9. The second kappa shape index (κ2) is 7.59. The van der Waals surface area contributed by atoms with E-state index < -0.39 is 0 Å². The molecule has 1 aromatic rings. The number of pyridine rings is 1. The molecular weight excluding hydrogens is 306 g/mol. The van der Waals surface area contributed by atoms with Crippen LogP contribution in [0.3, 0.4) is 0 Å². The fourth-order valence-electron chi connectivity index (χ4n) is 3.79. The Morgan fingerprint density at radius 3 is 2.96 bits per heavy atom. The second-order valence-corrected chi connectivity index (χ2v) is 7.02. The molecule has 0 N–H and O–H groups in total. The maximum absolute atomic E-state index is 11.9. The average molecular weight is 333 g/mol. The quantitative estimate of drug-likeness (QED) is 0.782. The predicted molar refractivity (Wildman–Crippen MR) is 90.4 cm³/mol. The molecule has 1 aromatic heterocycles. The van der Waals surface area contributed by atoms with Gasteiger partial charge in [-0.3, -0.25) is 14.7 Å². The van der Waals surface area contributed by atoms with Crippen molar-refractivity contribution in [2.24, 2.45) is 5.92 Å². The molecule has 0 radical (unpaired) electrons. The largest absolute Gasteiger partial charge is 0.375 e. The zero-order valence-corrected chi connectivity index (χ0v) is 14.6. The van der Waals surface area contributed by atoms with Crippen LogP contribution in [0.25, 0.3) is 0 Å². The molecule has 3 rings (SSSR count). The molecule has 3 heterocycles. The Labute approximate surface area is 143 Å². The molecular formula is C18H27N3O3. The van der Waals surface area contributed by atoms with E-state index in [9.17, 15) is 4.79 Å². The Morgan fingerprint density at radius 1 is 1.42 bits per heavy atom. The maximum Gasteiger partial charge on any atom is 0.248 e. The zero-order valence-electron chi connectivity index (χ0n) is 14.6. The number of rotatable bonds is 6. The molecule has 2 aliphatic heterocycles. The van der Waals surface area contributed by atoms with Crippen LogP contribution in [0.4, 0.5) is 0 Å². The minimum absolute atomic E-state index is 0.0880. The number of methoxy groups -OCH3 is 1. The van der Waals surface area contributed by atoms with Crippen LogP contribution >= 0.6 is 0 Å². The average Bonchev–Trinajstić information content (AvgIpc) is 2.55. The van der Waals surface area contributed by atoms with Crippen molar-refractivity contribution in [1.82, 2.24) is 14.8 Å². The summed E-state index contributed by atoms with van der Waals surface area (Å²) in [7, 11) is 3.73. The van der Waals surface area contributed by atoms with Crippen LogP contribution in [-0.2, 0) is 20.9 Å². The fourth-order valence-corrected chi connectivity index (χ4v) is 3.79. The third-order valence-electron chi connectivity index (χ3n) is 5.27. The third kappa shape index (κ3) is 3.77. The van der Waals surface area contributed by atoms with Crippen LogP contribution in [0.1, 0.15) is 18.5 Å². The van der Waals surface area contributed by atoms with Gasteiger partial charge in [0.1, 0.15) is 6.61 Å². The number of hydrogen-bond donors (Lipinski definition) is 0. The van der Waals surface area contributed by atoms with E-state index in [2.05, 4.69) is 16.9 Å². The summed E-state index contributed by atoms with van der Waals surface area (Å²) >= 11 is 0. The molecule has 2 saturated heterocycles. The molecule has 6 nitrogen and oxygen atoms in total. The number of piperidine rings is 1. The number of carbonyl (C=O) groups excluding carboxylic acids is 1. The van der Waals surface area contributed by atoms with E-state index >= 15 is 0 Å². The van der Waals surface area contributed by atoms with Gasteiger partial charge in [0.2, 0.25) is 5.91 Å². The number of carbonyl (C=O) groups is 1. The van der Waals surface area contributed by atoms with Gasteiger partial charge in [0.15, 0.2) is 0 Å². The summed E-state index contributed by atoms with van der Waals surface area (Å²) in [5, 5.41) is 0. The summed E-state index contributed by atoms with van der Waals surface area (Å²) in [6, 6.07) is 5.88. The van der Waals surface area contributed by atoms with Crippen molar-refractivity contribution in [2.75, 3.05) is 47.0 Å². The lowest BCUT2D eigenvalue weighted by molar-refractivity contribution is -0.154. The van der Waals surface area contributed by atoms with E-state index in [1.807, 2.05) is 23.1 Å². The molecule has 0 aromatic carbocycles. The van der Waals surface area contributed by atoms with Gasteiger partial charge in [0, 0.05) is 26.4 Å². The highest BCUT2D eigenvalue weighted by Gasteiger charge is 2.50. The molecule has 1 atom stereocenters. The van der Waals surface area contributed by atoms with E-state index in [-0.39, 0.29) is 18.1 Å². The number of likely N-dealkylation sites (tertiary alicyclic amines) is 2. The highest BCUT2D eigenvalue weighted by Crippen LogP contribution is 2.38. The van der Waals surface area contributed by atoms with Gasteiger partial charge >= 0.3 is 0 Å². The summed E-state index contributed by atoms with van der Waals surface area (Å²) in [6.07, 6.45) is 4.03. The van der Waals surface area contributed by atoms with Gasteiger partial charge in [-0.25, -0.2) is 0 Å². The standard InChI is InChI=1S/C18H27N3O3/c1-20-8-6-15(10-24-11-16-5-3-4-7-19-16)9-18(20)13-21(14-18)17(22)12-23-2/h3-5,7,15H,6,8-14H2,1-2H3/t15-/m0/s1. The van der Waals surface area contributed by atoms with Gasteiger partial charge in [0.05, 0.1) is 24.4 Å². The minimum atomic E-state index is 0.0880. The molecule has 0 unspecified atom stereocenters. The number of amides is 1. The van der Waals surface area contributed by atoms with Gasteiger partial charge < -0.3 is 14.4 Å². The van der Waals surface area contributed by atoms with Crippen LogP contribution in [-0.4, -0.2) is 73.2 Å². The summed E-state index contributed by atoms with van der Waals surface area (Å²) in [4.78, 5) is 20.5. The van der Waals surface area contributed by atoms with Gasteiger partial charge in [0.25, 0.3) is 0 Å². The first-order valence-corrected chi connectivity index (χ1v) is 8.58. The lowest BCUT2D eigenvalue weighted by Crippen LogP contribution is -2.73. The van der Waals surface area contributed by atoms with Crippen molar-refractivity contribution in [2.45, 2.75) is 25.0 Å². The summed E-state index contributed by atoms with van der Waals surface area (Å²) in [6.45, 7) is 4.18. The molecule has 6 heteroatoms. The number of ether oxygens (including phenoxy) is 2. The molecule has 0 saturated carbocycles. The Balaban J connectivity index is 1.47. The Kier molecular flexibility index (Phi) is 5.48. The Hall–Kier alpha value is -1.50. The lowest BCUT2D eigenvalue weighted by atomic mass is 9.75. The van der Waals surface area contributed by atoms with E-state index in [4.69, 9.17) is 9.47 Å². The van der Waals surface area contributed by atoms with Crippen molar-refractivity contribution in [3.63, 3.8) is 0 Å². The monoisotopic (exact) mass is 333 g/mol. The van der Waals surface area contributed by atoms with Gasteiger partial charge in [-0.05, 0) is 44.5 Å². The predicted octanol–water partition coefficient (Wildman–Crippen LogP) is 1.17. The Morgan fingerprint density at radius 2 is 2.25 bits per heavy atom. The van der Waals surface area contributed by atoms with Crippen LogP contribution in [0.5, 0.6) is 0 Å². The van der Waals surface area contributed by atoms with E-state index in [0.717, 1.165) is 44.8 Å². The Bertz CT molecular complexity index is 546. The number of likely N-dealkylation sites (N-methyl/N-ethyl adjacent to an activating group) is 1. The fraction of sp³-hybridized carbons (Fsp3) is 0.667. The highest BCUT2D eigenvalue weighted by molar-refractivity contribution is 5.78. The van der Waals surface area contributed by atoms with Crippen LogP contribution in [0.2, 0.25) is 0 Å². The topological polar surface area (TPSA) is 54.9 Å². The normalized spacial score (nSPS) is 23.2. The summed E-state index contributed by atoms with van der Waals surface area (Å²) in [5.41, 5.74) is 1.10. The minimum Gasteiger partial charge on any atom is -0.375 e. The van der Waals surface area contributed by atoms with Crippen molar-refractivity contribution >= 4 is 5.91 Å². The molecule has 0 bridgehead atoms. The van der Waals surface area contributed by atoms with E-state index in [1.54, 1.807) is 13.3 Å². The smallest absolute Gasteiger partial charge is 0.248 e. The second-order valence-electron chi connectivity index (χ2n) is 7.02. The summed E-state index contributed by atoms with van der Waals surface area (Å²) in [5.74, 6) is 0.634. The van der Waals surface area contributed by atoms with Crippen molar-refractivity contribution in [1.29, 1.82) is 0 Å². The molecule has 1 spiro atoms. The first-order valence-electron chi connectivity index (χ1n) is 8.58. The van der Waals surface area contributed by atoms with E-state index in [0.29, 0.717) is 12.5 Å². The van der Waals surface area contributed by atoms with Crippen molar-refractivity contribution in [3.8, 4) is 0 Å². The number of hydrogen-bond acceptors (Lipinski definition) is 5. The number of aromatic nitrogens is 1. The first kappa shape index (κ1) is 17.3. The zero-order chi connectivity index (χ0) is 17.0. The molecule has 24 heavy (non-hydrogen) atoms. The van der Waals surface area contributed by atoms with Gasteiger partial charge in [-0.1, -0.05) is 6.07 Å². The van der Waals surface area contributed by atoms with E-state index in [1.165, 1.54) is 0 Å². The van der Waals surface area contributed by atoms with Crippen molar-refractivity contribution in [3.05, 3.63) is 30.1 Å². The van der Waals surface area contributed by atoms with Crippen LogP contribution in [0, 0.1) is 5.92 Å². The highest BCUT2D eigenvalue weighted by atomic mass is 16.5. The van der Waals surface area contributed by atoms with Crippen LogP contribution in [0.15, 0.2) is 24.4 Å². The summed E-state index contributed by atoms with van der Waals surface area (Å²) < 4.78 is 10.8. The molecule has 132 valence electrons. The molecule has 2 aliphatic rings. The van der Waals surface area contributed by atoms with Crippen LogP contribution < -0.4 is 0 Å². The first-order chi connectivity index (χ1) is 11.6. The number of nitrogens with zero attached hydrogens (tertiary/aromatic N) is 3.